The normalized spacial score (nSPS) is 11.6. The van der Waals surface area contributed by atoms with Crippen molar-refractivity contribution in [2.45, 2.75) is 23.5 Å². The SMILES string of the molecule is CCC(Sc1cccc(NC(=O)c2c(Cl)c(Cl)c(Cl)c(Cl)c2C(=O)O)c1)C(=O)Nc1ccc(Br)cc1F. The molecule has 0 saturated heterocycles. The Morgan fingerprint density at radius 3 is 2.22 bits per heavy atom. The zero-order chi connectivity index (χ0) is 27.4. The summed E-state index contributed by atoms with van der Waals surface area (Å²) >= 11 is 28.5. The third-order valence-electron chi connectivity index (χ3n) is 4.93. The number of rotatable bonds is 8. The van der Waals surface area contributed by atoms with Gasteiger partial charge in [-0.2, -0.15) is 0 Å². The molecule has 6 nitrogen and oxygen atoms in total. The summed E-state index contributed by atoms with van der Waals surface area (Å²) in [6.07, 6.45) is 0.435. The summed E-state index contributed by atoms with van der Waals surface area (Å²) in [6.45, 7) is 1.81. The van der Waals surface area contributed by atoms with E-state index in [2.05, 4.69) is 26.6 Å². The summed E-state index contributed by atoms with van der Waals surface area (Å²) in [4.78, 5) is 38.2. The van der Waals surface area contributed by atoms with E-state index in [1.807, 2.05) is 6.92 Å². The van der Waals surface area contributed by atoms with Crippen LogP contribution in [-0.2, 0) is 4.79 Å². The van der Waals surface area contributed by atoms with Crippen molar-refractivity contribution in [2.24, 2.45) is 0 Å². The summed E-state index contributed by atoms with van der Waals surface area (Å²) in [5.74, 6) is -3.36. The van der Waals surface area contributed by atoms with Gasteiger partial charge in [0.2, 0.25) is 5.91 Å². The number of hydrogen-bond acceptors (Lipinski definition) is 4. The van der Waals surface area contributed by atoms with Crippen molar-refractivity contribution in [3.05, 3.63) is 84.0 Å². The number of carboxylic acids is 1. The second-order valence-electron chi connectivity index (χ2n) is 7.42. The average Bonchev–Trinajstić information content (AvgIpc) is 2.84. The van der Waals surface area contributed by atoms with Crippen LogP contribution in [0.1, 0.15) is 34.1 Å². The molecular weight excluding hydrogens is 653 g/mol. The first kappa shape index (κ1) is 29.5. The molecule has 3 aromatic rings. The standard InChI is InChI=1S/C24H16BrCl4FN2O4S/c1-2-15(22(33)32-14-7-6-10(25)8-13(14)30)37-12-5-3-4-11(9-12)31-23(34)16-17(24(35)36)19(27)21(29)20(28)18(16)26/h3-9,15H,2H2,1H3,(H,31,34)(H,32,33)(H,35,36). The Hall–Kier alpha value is -2.01. The van der Waals surface area contributed by atoms with Gasteiger partial charge in [0.05, 0.1) is 42.2 Å². The fourth-order valence-electron chi connectivity index (χ4n) is 3.18. The maximum absolute atomic E-state index is 14.1. The Kier molecular flexibility index (Phi) is 10.1. The molecule has 0 aliphatic heterocycles. The molecule has 3 aromatic carbocycles. The Morgan fingerprint density at radius 2 is 1.62 bits per heavy atom. The number of thioether (sulfide) groups is 1. The molecule has 0 aliphatic carbocycles. The number of hydrogen-bond donors (Lipinski definition) is 3. The molecule has 0 saturated carbocycles. The van der Waals surface area contributed by atoms with Crippen molar-refractivity contribution >= 4 is 103 Å². The van der Waals surface area contributed by atoms with E-state index >= 15 is 0 Å². The molecule has 3 N–H and O–H groups in total. The Labute approximate surface area is 243 Å². The van der Waals surface area contributed by atoms with E-state index in [1.165, 1.54) is 23.9 Å². The van der Waals surface area contributed by atoms with Crippen molar-refractivity contribution in [3.63, 3.8) is 0 Å². The Bertz CT molecular complexity index is 1410. The van der Waals surface area contributed by atoms with Crippen LogP contribution in [0, 0.1) is 5.82 Å². The summed E-state index contributed by atoms with van der Waals surface area (Å²) in [5.41, 5.74) is -0.695. The second kappa shape index (κ2) is 12.7. The topological polar surface area (TPSA) is 95.5 Å². The molecule has 0 aliphatic rings. The third-order valence-corrected chi connectivity index (χ3v) is 8.58. The minimum atomic E-state index is -1.51. The predicted octanol–water partition coefficient (Wildman–Crippen LogP) is 8.66. The van der Waals surface area contributed by atoms with E-state index in [0.717, 1.165) is 0 Å². The number of aromatic carboxylic acids is 1. The highest BCUT2D eigenvalue weighted by atomic mass is 79.9. The summed E-state index contributed by atoms with van der Waals surface area (Å²) in [7, 11) is 0. The van der Waals surface area contributed by atoms with Crippen molar-refractivity contribution in [2.75, 3.05) is 10.6 Å². The van der Waals surface area contributed by atoms with E-state index in [4.69, 9.17) is 46.4 Å². The number of anilines is 2. The van der Waals surface area contributed by atoms with Gasteiger partial charge in [-0.15, -0.1) is 11.8 Å². The summed E-state index contributed by atoms with van der Waals surface area (Å²) in [5, 5.41) is 12.8. The number of carbonyl (C=O) groups excluding carboxylic acids is 2. The second-order valence-corrected chi connectivity index (χ2v) is 11.1. The number of carbonyl (C=O) groups is 3. The van der Waals surface area contributed by atoms with Gasteiger partial charge in [0, 0.05) is 15.1 Å². The number of benzene rings is 3. The lowest BCUT2D eigenvalue weighted by molar-refractivity contribution is -0.115. The van der Waals surface area contributed by atoms with E-state index in [0.29, 0.717) is 21.5 Å². The molecule has 2 amide bonds. The van der Waals surface area contributed by atoms with Gasteiger partial charge < -0.3 is 15.7 Å². The molecule has 0 radical (unpaired) electrons. The van der Waals surface area contributed by atoms with Crippen LogP contribution in [0.3, 0.4) is 0 Å². The van der Waals surface area contributed by atoms with Crippen LogP contribution in [0.25, 0.3) is 0 Å². The first-order valence-electron chi connectivity index (χ1n) is 10.4. The van der Waals surface area contributed by atoms with E-state index < -0.39 is 45.0 Å². The lowest BCUT2D eigenvalue weighted by atomic mass is 10.1. The van der Waals surface area contributed by atoms with Crippen LogP contribution in [0.15, 0.2) is 51.8 Å². The van der Waals surface area contributed by atoms with E-state index in [1.54, 1.807) is 30.3 Å². The number of nitrogens with one attached hydrogen (secondary N) is 2. The van der Waals surface area contributed by atoms with Crippen LogP contribution in [-0.4, -0.2) is 28.1 Å². The average molecular weight is 669 g/mol. The van der Waals surface area contributed by atoms with Crippen LogP contribution in [0.4, 0.5) is 15.8 Å². The van der Waals surface area contributed by atoms with Gasteiger partial charge in [0.1, 0.15) is 5.82 Å². The van der Waals surface area contributed by atoms with Crippen molar-refractivity contribution in [3.8, 4) is 0 Å². The zero-order valence-corrected chi connectivity index (χ0v) is 24.1. The highest BCUT2D eigenvalue weighted by Gasteiger charge is 2.29. The largest absolute Gasteiger partial charge is 0.478 e. The lowest BCUT2D eigenvalue weighted by Crippen LogP contribution is -2.25. The third kappa shape index (κ3) is 6.90. The van der Waals surface area contributed by atoms with Gasteiger partial charge in [-0.3, -0.25) is 9.59 Å². The highest BCUT2D eigenvalue weighted by molar-refractivity contribution is 9.10. The van der Waals surface area contributed by atoms with Gasteiger partial charge in [0.15, 0.2) is 0 Å². The number of carboxylic acid groups (broad SMARTS) is 1. The first-order valence-corrected chi connectivity index (χ1v) is 13.6. The van der Waals surface area contributed by atoms with Crippen molar-refractivity contribution < 1.29 is 23.9 Å². The zero-order valence-electron chi connectivity index (χ0n) is 18.7. The predicted molar refractivity (Wildman–Crippen MR) is 151 cm³/mol. The quantitative estimate of drug-likeness (QED) is 0.127. The molecule has 0 fully saturated rings. The molecule has 13 heteroatoms. The van der Waals surface area contributed by atoms with E-state index in [9.17, 15) is 23.9 Å². The first-order chi connectivity index (χ1) is 17.4. The molecule has 0 bridgehead atoms. The van der Waals surface area contributed by atoms with Gasteiger partial charge >= 0.3 is 5.97 Å². The maximum Gasteiger partial charge on any atom is 0.338 e. The van der Waals surface area contributed by atoms with Crippen LogP contribution in [0.5, 0.6) is 0 Å². The summed E-state index contributed by atoms with van der Waals surface area (Å²) < 4.78 is 14.7. The number of halogens is 6. The maximum atomic E-state index is 14.1. The van der Waals surface area contributed by atoms with E-state index in [-0.39, 0.29) is 20.8 Å². The molecule has 0 aromatic heterocycles. The Morgan fingerprint density at radius 1 is 0.973 bits per heavy atom. The molecule has 3 rings (SSSR count). The van der Waals surface area contributed by atoms with Crippen molar-refractivity contribution in [1.82, 2.24) is 0 Å². The smallest absolute Gasteiger partial charge is 0.338 e. The monoisotopic (exact) mass is 666 g/mol. The fourth-order valence-corrected chi connectivity index (χ4v) is 5.54. The minimum Gasteiger partial charge on any atom is -0.478 e. The fraction of sp³-hybridized carbons (Fsp3) is 0.125. The van der Waals surface area contributed by atoms with Gasteiger partial charge in [0.25, 0.3) is 5.91 Å². The van der Waals surface area contributed by atoms with Crippen LogP contribution >= 0.6 is 74.1 Å². The number of amides is 2. The van der Waals surface area contributed by atoms with Crippen LogP contribution in [0.2, 0.25) is 20.1 Å². The molecule has 0 heterocycles. The molecule has 1 unspecified atom stereocenters. The molecule has 37 heavy (non-hydrogen) atoms. The minimum absolute atomic E-state index is 0.0552. The van der Waals surface area contributed by atoms with Gasteiger partial charge in [-0.1, -0.05) is 75.3 Å². The molecule has 0 spiro atoms. The molecule has 194 valence electrons. The Balaban J connectivity index is 1.81. The summed E-state index contributed by atoms with van der Waals surface area (Å²) in [6, 6.07) is 10.8. The van der Waals surface area contributed by atoms with Crippen LogP contribution < -0.4 is 10.6 Å². The van der Waals surface area contributed by atoms with Gasteiger partial charge in [-0.05, 0) is 42.8 Å². The molecular formula is C24H16BrCl4FN2O4S. The van der Waals surface area contributed by atoms with Crippen molar-refractivity contribution in [1.29, 1.82) is 0 Å². The highest BCUT2D eigenvalue weighted by Crippen LogP contribution is 2.42. The molecule has 1 atom stereocenters. The van der Waals surface area contributed by atoms with Gasteiger partial charge in [-0.25, -0.2) is 9.18 Å². The lowest BCUT2D eigenvalue weighted by Gasteiger charge is -2.16.